The van der Waals surface area contributed by atoms with Crippen molar-refractivity contribution in [3.8, 4) is 0 Å². The third kappa shape index (κ3) is 6.56. The predicted molar refractivity (Wildman–Crippen MR) is 147 cm³/mol. The summed E-state index contributed by atoms with van der Waals surface area (Å²) in [6.45, 7) is 6.64. The van der Waals surface area contributed by atoms with Crippen molar-refractivity contribution in [1.29, 1.82) is 0 Å². The molecular weight excluding hydrogens is 483 g/mol. The van der Waals surface area contributed by atoms with E-state index in [4.69, 9.17) is 0 Å². The second-order valence-corrected chi connectivity index (χ2v) is 9.45. The number of carbonyl (C=O) groups excluding carboxylic acids is 3. The van der Waals surface area contributed by atoms with Gasteiger partial charge in [-0.05, 0) is 61.9 Å². The van der Waals surface area contributed by atoms with Gasteiger partial charge in [0.25, 0.3) is 11.8 Å². The van der Waals surface area contributed by atoms with E-state index in [9.17, 15) is 18.8 Å². The van der Waals surface area contributed by atoms with Gasteiger partial charge in [-0.15, -0.1) is 0 Å². The van der Waals surface area contributed by atoms with Crippen molar-refractivity contribution in [2.75, 3.05) is 49.5 Å². The average Bonchev–Trinajstić information content (AvgIpc) is 2.93. The topological polar surface area (TPSA) is 73.0 Å². The molecule has 0 bridgehead atoms. The molecule has 198 valence electrons. The summed E-state index contributed by atoms with van der Waals surface area (Å²) < 4.78 is 14.0. The number of nitrogens with one attached hydrogen (secondary N) is 1. The quantitative estimate of drug-likeness (QED) is 0.476. The average molecular weight is 517 g/mol. The summed E-state index contributed by atoms with van der Waals surface area (Å²) in [7, 11) is 0. The third-order valence-electron chi connectivity index (χ3n) is 6.60. The van der Waals surface area contributed by atoms with E-state index < -0.39 is 5.82 Å². The first-order valence-corrected chi connectivity index (χ1v) is 12.9. The molecule has 0 aliphatic carbocycles. The minimum atomic E-state index is -0.505. The van der Waals surface area contributed by atoms with Crippen molar-refractivity contribution in [2.45, 2.75) is 20.3 Å². The Morgan fingerprint density at radius 1 is 0.895 bits per heavy atom. The lowest BCUT2D eigenvalue weighted by Crippen LogP contribution is -2.49. The highest BCUT2D eigenvalue weighted by molar-refractivity contribution is 5.99. The zero-order chi connectivity index (χ0) is 27.1. The lowest BCUT2D eigenvalue weighted by atomic mass is 10.1. The fourth-order valence-corrected chi connectivity index (χ4v) is 4.50. The third-order valence-corrected chi connectivity index (χ3v) is 6.60. The van der Waals surface area contributed by atoms with Gasteiger partial charge in [-0.3, -0.25) is 14.4 Å². The first kappa shape index (κ1) is 26.9. The van der Waals surface area contributed by atoms with Crippen LogP contribution in [-0.2, 0) is 4.79 Å². The number of hydrogen-bond donors (Lipinski definition) is 1. The first-order valence-electron chi connectivity index (χ1n) is 12.9. The van der Waals surface area contributed by atoms with Gasteiger partial charge in [0, 0.05) is 49.7 Å². The van der Waals surface area contributed by atoms with Crippen LogP contribution >= 0.6 is 0 Å². The molecule has 0 saturated carbocycles. The van der Waals surface area contributed by atoms with Crippen LogP contribution in [0.2, 0.25) is 0 Å². The van der Waals surface area contributed by atoms with E-state index in [1.807, 2.05) is 50.2 Å². The van der Waals surface area contributed by atoms with E-state index in [0.29, 0.717) is 44.0 Å². The second-order valence-electron chi connectivity index (χ2n) is 9.45. The van der Waals surface area contributed by atoms with Crippen molar-refractivity contribution in [3.05, 3.63) is 95.3 Å². The van der Waals surface area contributed by atoms with Crippen LogP contribution in [0.1, 0.15) is 39.6 Å². The SMILES string of the molecule is CCCN(CC(=O)Nc1ccc(N2CCN(C(=O)c3ccccc3F)CC2)cc1)C(=O)c1ccc(C)cc1. The first-order chi connectivity index (χ1) is 18.4. The van der Waals surface area contributed by atoms with Crippen LogP contribution in [0.5, 0.6) is 0 Å². The molecule has 3 aromatic rings. The van der Waals surface area contributed by atoms with Crippen LogP contribution in [0, 0.1) is 12.7 Å². The zero-order valence-electron chi connectivity index (χ0n) is 21.8. The van der Waals surface area contributed by atoms with Crippen LogP contribution in [0.3, 0.4) is 0 Å². The lowest BCUT2D eigenvalue weighted by molar-refractivity contribution is -0.116. The molecule has 0 atom stereocenters. The summed E-state index contributed by atoms with van der Waals surface area (Å²) in [5, 5.41) is 2.88. The predicted octanol–water partition coefficient (Wildman–Crippen LogP) is 4.59. The smallest absolute Gasteiger partial charge is 0.256 e. The highest BCUT2D eigenvalue weighted by atomic mass is 19.1. The Balaban J connectivity index is 1.30. The van der Waals surface area contributed by atoms with Crippen molar-refractivity contribution >= 4 is 29.1 Å². The number of nitrogens with zero attached hydrogens (tertiary/aromatic N) is 3. The Kier molecular flexibility index (Phi) is 8.73. The molecule has 3 aromatic carbocycles. The van der Waals surface area contributed by atoms with Crippen LogP contribution in [0.25, 0.3) is 0 Å². The molecule has 1 aliphatic heterocycles. The Morgan fingerprint density at radius 3 is 2.18 bits per heavy atom. The molecule has 1 N–H and O–H groups in total. The number of benzene rings is 3. The summed E-state index contributed by atoms with van der Waals surface area (Å²) in [6, 6.07) is 20.9. The van der Waals surface area contributed by atoms with Gasteiger partial charge >= 0.3 is 0 Å². The number of hydrogen-bond acceptors (Lipinski definition) is 4. The van der Waals surface area contributed by atoms with E-state index in [0.717, 1.165) is 17.7 Å². The maximum Gasteiger partial charge on any atom is 0.256 e. The molecule has 38 heavy (non-hydrogen) atoms. The summed E-state index contributed by atoms with van der Waals surface area (Å²) in [4.78, 5) is 43.7. The van der Waals surface area contributed by atoms with E-state index in [1.165, 1.54) is 12.1 Å². The van der Waals surface area contributed by atoms with Gasteiger partial charge in [-0.2, -0.15) is 0 Å². The molecule has 7 nitrogen and oxygen atoms in total. The number of rotatable bonds is 8. The number of aryl methyl sites for hydroxylation is 1. The van der Waals surface area contributed by atoms with Crippen LogP contribution < -0.4 is 10.2 Å². The monoisotopic (exact) mass is 516 g/mol. The van der Waals surface area contributed by atoms with Crippen LogP contribution in [-0.4, -0.2) is 66.8 Å². The molecule has 1 heterocycles. The number of anilines is 2. The highest BCUT2D eigenvalue weighted by Crippen LogP contribution is 2.21. The van der Waals surface area contributed by atoms with Crippen molar-refractivity contribution in [3.63, 3.8) is 0 Å². The second kappa shape index (κ2) is 12.4. The fourth-order valence-electron chi connectivity index (χ4n) is 4.50. The fraction of sp³-hybridized carbons (Fsp3) is 0.300. The van der Waals surface area contributed by atoms with E-state index in [-0.39, 0.29) is 29.8 Å². The molecular formula is C30H33FN4O3. The van der Waals surface area contributed by atoms with Gasteiger partial charge in [0.15, 0.2) is 0 Å². The van der Waals surface area contributed by atoms with Crippen molar-refractivity contribution < 1.29 is 18.8 Å². The number of carbonyl (C=O) groups is 3. The van der Waals surface area contributed by atoms with E-state index in [1.54, 1.807) is 34.1 Å². The van der Waals surface area contributed by atoms with E-state index >= 15 is 0 Å². The normalized spacial score (nSPS) is 13.2. The molecule has 0 spiro atoms. The number of amides is 3. The van der Waals surface area contributed by atoms with Gasteiger partial charge in [0.05, 0.1) is 5.56 Å². The van der Waals surface area contributed by atoms with Gasteiger partial charge < -0.3 is 20.0 Å². The molecule has 0 aromatic heterocycles. The van der Waals surface area contributed by atoms with Crippen LogP contribution in [0.4, 0.5) is 15.8 Å². The molecule has 8 heteroatoms. The molecule has 1 saturated heterocycles. The summed E-state index contributed by atoms with van der Waals surface area (Å²) in [5.41, 5.74) is 3.35. The maximum atomic E-state index is 14.0. The molecule has 1 fully saturated rings. The van der Waals surface area contributed by atoms with Gasteiger partial charge in [-0.1, -0.05) is 36.8 Å². The molecule has 3 amide bonds. The summed E-state index contributed by atoms with van der Waals surface area (Å²) in [5.74, 6) is -1.22. The Hall–Kier alpha value is -4.20. The zero-order valence-corrected chi connectivity index (χ0v) is 21.8. The molecule has 4 rings (SSSR count). The van der Waals surface area contributed by atoms with Gasteiger partial charge in [0.2, 0.25) is 5.91 Å². The minimum Gasteiger partial charge on any atom is -0.368 e. The maximum absolute atomic E-state index is 14.0. The van der Waals surface area contributed by atoms with Crippen LogP contribution in [0.15, 0.2) is 72.8 Å². The van der Waals surface area contributed by atoms with E-state index in [2.05, 4.69) is 10.2 Å². The van der Waals surface area contributed by atoms with Gasteiger partial charge in [-0.25, -0.2) is 4.39 Å². The number of piperazine rings is 1. The summed E-state index contributed by atoms with van der Waals surface area (Å²) in [6.07, 6.45) is 0.749. The molecule has 1 aliphatic rings. The Morgan fingerprint density at radius 2 is 1.55 bits per heavy atom. The van der Waals surface area contributed by atoms with Crippen molar-refractivity contribution in [2.24, 2.45) is 0 Å². The lowest BCUT2D eigenvalue weighted by Gasteiger charge is -2.36. The Bertz CT molecular complexity index is 1270. The standard InChI is InChI=1S/C30H33FN4O3/c1-3-16-35(29(37)23-10-8-22(2)9-11-23)21-28(36)32-24-12-14-25(15-13-24)33-17-19-34(20-18-33)30(38)26-6-4-5-7-27(26)31/h4-15H,3,16-21H2,1-2H3,(H,32,36). The highest BCUT2D eigenvalue weighted by Gasteiger charge is 2.24. The van der Waals surface area contributed by atoms with Gasteiger partial charge in [0.1, 0.15) is 12.4 Å². The largest absolute Gasteiger partial charge is 0.368 e. The molecule has 0 radical (unpaired) electrons. The summed E-state index contributed by atoms with van der Waals surface area (Å²) >= 11 is 0. The number of halogens is 1. The van der Waals surface area contributed by atoms with Crippen molar-refractivity contribution in [1.82, 2.24) is 9.80 Å². The molecule has 0 unspecified atom stereocenters. The Labute approximate surface area is 222 Å². The minimum absolute atomic E-state index is 0.0275.